The molecule has 3 rings (SSSR count). The average Bonchev–Trinajstić information content (AvgIpc) is 2.59. The highest BCUT2D eigenvalue weighted by Gasteiger charge is 2.05. The van der Waals surface area contributed by atoms with Gasteiger partial charge in [0.2, 0.25) is 0 Å². The number of ether oxygens (including phenoxy) is 2. The van der Waals surface area contributed by atoms with Crippen LogP contribution in [0.1, 0.15) is 38.5 Å². The Hall–Kier alpha value is -0.950. The highest BCUT2D eigenvalue weighted by atomic mass is 32.2. The van der Waals surface area contributed by atoms with Crippen molar-refractivity contribution in [1.29, 1.82) is 0 Å². The van der Waals surface area contributed by atoms with E-state index in [9.17, 15) is 8.42 Å². The van der Waals surface area contributed by atoms with Crippen LogP contribution in [0, 0.1) is 0 Å². The molecule has 126 valence electrons. The first-order chi connectivity index (χ1) is 10.6. The molecule has 0 amide bonds. The summed E-state index contributed by atoms with van der Waals surface area (Å²) in [5.74, 6) is 0. The predicted octanol–water partition coefficient (Wildman–Crippen LogP) is 3.31. The smallest absolute Gasteiger partial charge is 0.294 e. The van der Waals surface area contributed by atoms with Gasteiger partial charge in [0.05, 0.1) is 4.90 Å². The minimum Gasteiger partial charge on any atom is -0.381 e. The Morgan fingerprint density at radius 2 is 1.14 bits per heavy atom. The minimum atomic E-state index is -4.00. The van der Waals surface area contributed by atoms with Gasteiger partial charge in [-0.05, 0) is 50.7 Å². The van der Waals surface area contributed by atoms with E-state index < -0.39 is 10.1 Å². The van der Waals surface area contributed by atoms with E-state index in [0.29, 0.717) is 0 Å². The summed E-state index contributed by atoms with van der Waals surface area (Å²) < 4.78 is 39.4. The van der Waals surface area contributed by atoms with Crippen LogP contribution in [-0.4, -0.2) is 39.4 Å². The van der Waals surface area contributed by atoms with Gasteiger partial charge in [-0.3, -0.25) is 4.55 Å². The van der Waals surface area contributed by atoms with Gasteiger partial charge in [-0.15, -0.1) is 0 Å². The topological polar surface area (TPSA) is 72.8 Å². The van der Waals surface area contributed by atoms with Gasteiger partial charge < -0.3 is 9.47 Å². The van der Waals surface area contributed by atoms with Crippen molar-refractivity contribution < 1.29 is 22.4 Å². The second-order valence-electron chi connectivity index (χ2n) is 5.13. The van der Waals surface area contributed by atoms with Crippen LogP contribution in [0.4, 0.5) is 0 Å². The molecule has 0 spiro atoms. The van der Waals surface area contributed by atoms with Crippen molar-refractivity contribution >= 4 is 10.1 Å². The molecule has 0 atom stereocenters. The molecular formula is C16H26O5S. The first-order valence-electron chi connectivity index (χ1n) is 7.79. The summed E-state index contributed by atoms with van der Waals surface area (Å²) in [6.45, 7) is 4.00. The van der Waals surface area contributed by atoms with Crippen LogP contribution in [-0.2, 0) is 19.6 Å². The third kappa shape index (κ3) is 9.89. The maximum atomic E-state index is 10.4. The van der Waals surface area contributed by atoms with Crippen molar-refractivity contribution in [1.82, 2.24) is 0 Å². The maximum Gasteiger partial charge on any atom is 0.294 e. The summed E-state index contributed by atoms with van der Waals surface area (Å²) in [7, 11) is -4.00. The van der Waals surface area contributed by atoms with Crippen molar-refractivity contribution in [2.75, 3.05) is 26.4 Å². The van der Waals surface area contributed by atoms with Crippen molar-refractivity contribution in [3.05, 3.63) is 30.3 Å². The summed E-state index contributed by atoms with van der Waals surface area (Å²) in [4.78, 5) is -0.0741. The molecule has 6 heteroatoms. The maximum absolute atomic E-state index is 10.4. The van der Waals surface area contributed by atoms with Gasteiger partial charge in [-0.1, -0.05) is 18.2 Å². The normalized spacial score (nSPS) is 18.2. The summed E-state index contributed by atoms with van der Waals surface area (Å²) in [5.41, 5.74) is 0. The lowest BCUT2D eigenvalue weighted by molar-refractivity contribution is 0.0967. The predicted molar refractivity (Wildman–Crippen MR) is 85.6 cm³/mol. The van der Waals surface area contributed by atoms with E-state index in [2.05, 4.69) is 0 Å². The Labute approximate surface area is 133 Å². The van der Waals surface area contributed by atoms with Gasteiger partial charge in [-0.25, -0.2) is 0 Å². The fraction of sp³-hybridized carbons (Fsp3) is 0.625. The molecule has 1 aromatic rings. The van der Waals surface area contributed by atoms with Gasteiger partial charge in [0.25, 0.3) is 10.1 Å². The Kier molecular flexibility index (Phi) is 10.1. The third-order valence-corrected chi connectivity index (χ3v) is 4.06. The van der Waals surface area contributed by atoms with E-state index in [-0.39, 0.29) is 4.90 Å². The van der Waals surface area contributed by atoms with Crippen LogP contribution >= 0.6 is 0 Å². The number of hydrogen-bond acceptors (Lipinski definition) is 4. The zero-order valence-corrected chi connectivity index (χ0v) is 13.8. The van der Waals surface area contributed by atoms with Gasteiger partial charge in [-0.2, -0.15) is 8.42 Å². The molecule has 0 bridgehead atoms. The van der Waals surface area contributed by atoms with E-state index in [1.165, 1.54) is 50.7 Å². The zero-order valence-electron chi connectivity index (χ0n) is 12.9. The molecular weight excluding hydrogens is 304 g/mol. The Morgan fingerprint density at radius 1 is 0.727 bits per heavy atom. The molecule has 1 aromatic carbocycles. The number of rotatable bonds is 1. The molecule has 0 unspecified atom stereocenters. The lowest BCUT2D eigenvalue weighted by atomic mass is 10.2. The largest absolute Gasteiger partial charge is 0.381 e. The van der Waals surface area contributed by atoms with Crippen LogP contribution < -0.4 is 0 Å². The summed E-state index contributed by atoms with van der Waals surface area (Å²) >= 11 is 0. The van der Waals surface area contributed by atoms with Crippen LogP contribution in [0.15, 0.2) is 35.2 Å². The molecule has 1 N–H and O–H groups in total. The molecule has 2 aliphatic rings. The average molecular weight is 330 g/mol. The molecule has 2 heterocycles. The quantitative estimate of drug-likeness (QED) is 0.800. The van der Waals surface area contributed by atoms with Gasteiger partial charge >= 0.3 is 0 Å². The summed E-state index contributed by atoms with van der Waals surface area (Å²) in [5, 5.41) is 0. The number of hydrogen-bond donors (Lipinski definition) is 1. The van der Waals surface area contributed by atoms with Crippen LogP contribution in [0.2, 0.25) is 0 Å². The molecule has 2 fully saturated rings. The molecule has 22 heavy (non-hydrogen) atoms. The SMILES string of the molecule is C1CCOCC1.C1CCOCC1.O=S(=O)(O)c1ccccc1. The van der Waals surface area contributed by atoms with Gasteiger partial charge in [0, 0.05) is 26.4 Å². The van der Waals surface area contributed by atoms with E-state index in [1.807, 2.05) is 0 Å². The first kappa shape index (κ1) is 19.1. The summed E-state index contributed by atoms with van der Waals surface area (Å²) in [6, 6.07) is 7.42. The fourth-order valence-corrected chi connectivity index (χ4v) is 2.47. The molecule has 0 aromatic heterocycles. The van der Waals surface area contributed by atoms with E-state index >= 15 is 0 Å². The first-order valence-corrected chi connectivity index (χ1v) is 9.23. The molecule has 2 aliphatic heterocycles. The lowest BCUT2D eigenvalue weighted by Crippen LogP contribution is -2.03. The van der Waals surface area contributed by atoms with E-state index in [4.69, 9.17) is 14.0 Å². The second kappa shape index (κ2) is 11.6. The van der Waals surface area contributed by atoms with Crippen LogP contribution in [0.25, 0.3) is 0 Å². The number of benzene rings is 1. The van der Waals surface area contributed by atoms with E-state index in [1.54, 1.807) is 18.2 Å². The van der Waals surface area contributed by atoms with Gasteiger partial charge in [0.1, 0.15) is 0 Å². The molecule has 5 nitrogen and oxygen atoms in total. The molecule has 0 saturated carbocycles. The standard InChI is InChI=1S/C6H6O3S.2C5H10O/c7-10(8,9)6-4-2-1-3-5-6;2*1-2-4-6-5-3-1/h1-5H,(H,7,8,9);2*1-5H2. The summed E-state index contributed by atoms with van der Waals surface area (Å²) in [6.07, 6.45) is 7.86. The van der Waals surface area contributed by atoms with Crippen molar-refractivity contribution in [3.8, 4) is 0 Å². The minimum absolute atomic E-state index is 0.0741. The monoisotopic (exact) mass is 330 g/mol. The molecule has 0 aliphatic carbocycles. The van der Waals surface area contributed by atoms with Crippen LogP contribution in [0.3, 0.4) is 0 Å². The van der Waals surface area contributed by atoms with Crippen molar-refractivity contribution in [2.24, 2.45) is 0 Å². The van der Waals surface area contributed by atoms with Crippen molar-refractivity contribution in [2.45, 2.75) is 43.4 Å². The fourth-order valence-electron chi connectivity index (χ4n) is 1.97. The Bertz CT molecular complexity index is 430. The third-order valence-electron chi connectivity index (χ3n) is 3.20. The van der Waals surface area contributed by atoms with Gasteiger partial charge in [0.15, 0.2) is 0 Å². The lowest BCUT2D eigenvalue weighted by Gasteiger charge is -2.08. The highest BCUT2D eigenvalue weighted by Crippen LogP contribution is 2.05. The Morgan fingerprint density at radius 3 is 1.32 bits per heavy atom. The molecule has 2 saturated heterocycles. The second-order valence-corrected chi connectivity index (χ2v) is 6.56. The Balaban J connectivity index is 0.000000174. The van der Waals surface area contributed by atoms with Crippen LogP contribution in [0.5, 0.6) is 0 Å². The van der Waals surface area contributed by atoms with Crippen molar-refractivity contribution in [3.63, 3.8) is 0 Å². The van der Waals surface area contributed by atoms with E-state index in [0.717, 1.165) is 26.4 Å². The zero-order chi connectivity index (χ0) is 16.1. The highest BCUT2D eigenvalue weighted by molar-refractivity contribution is 7.85. The molecule has 0 radical (unpaired) electrons.